The molecular formula is C16H15BrN2OS. The van der Waals surface area contributed by atoms with E-state index in [0.29, 0.717) is 5.92 Å². The Morgan fingerprint density at radius 3 is 2.90 bits per heavy atom. The molecule has 1 fully saturated rings. The lowest BCUT2D eigenvalue weighted by atomic mass is 10.2. The molecule has 1 N–H and O–H groups in total. The topological polar surface area (TPSA) is 38.1 Å². The molecule has 3 nitrogen and oxygen atoms in total. The van der Waals surface area contributed by atoms with Crippen molar-refractivity contribution >= 4 is 44.1 Å². The summed E-state index contributed by atoms with van der Waals surface area (Å²) in [5.41, 5.74) is 2.91. The molecular weight excluding hydrogens is 348 g/mol. The molecule has 0 aliphatic heterocycles. The van der Waals surface area contributed by atoms with E-state index >= 15 is 0 Å². The molecule has 21 heavy (non-hydrogen) atoms. The first-order valence-electron chi connectivity index (χ1n) is 7.11. The summed E-state index contributed by atoms with van der Waals surface area (Å²) in [5.74, 6) is 1.45. The van der Waals surface area contributed by atoms with Crippen molar-refractivity contribution in [2.75, 3.05) is 5.32 Å². The molecule has 0 bridgehead atoms. The number of aromatic nitrogens is 1. The monoisotopic (exact) mass is 362 g/mol. The molecule has 3 aromatic rings. The Kier molecular flexibility index (Phi) is 3.27. The summed E-state index contributed by atoms with van der Waals surface area (Å²) >= 11 is 5.26. The molecule has 0 spiro atoms. The molecule has 4 rings (SSSR count). The SMILES string of the molecule is CC(Nc1ccc2oc(C3CC3)nc2c1)c1ccc(Br)s1. The first kappa shape index (κ1) is 13.3. The first-order valence-corrected chi connectivity index (χ1v) is 8.72. The van der Waals surface area contributed by atoms with Gasteiger partial charge in [0.15, 0.2) is 11.5 Å². The van der Waals surface area contributed by atoms with E-state index in [9.17, 15) is 0 Å². The Bertz CT molecular complexity index is 791. The molecule has 0 saturated heterocycles. The van der Waals surface area contributed by atoms with Crippen LogP contribution in [0.4, 0.5) is 5.69 Å². The van der Waals surface area contributed by atoms with E-state index in [1.807, 2.05) is 6.07 Å². The number of nitrogens with one attached hydrogen (secondary N) is 1. The van der Waals surface area contributed by atoms with Gasteiger partial charge in [-0.15, -0.1) is 11.3 Å². The number of nitrogens with zero attached hydrogens (tertiary/aromatic N) is 1. The standard InChI is InChI=1S/C16H15BrN2OS/c1-9(14-6-7-15(17)21-14)18-11-4-5-13-12(8-11)19-16(20-13)10-2-3-10/h4-10,18H,2-3H2,1H3. The predicted molar refractivity (Wildman–Crippen MR) is 90.0 cm³/mol. The minimum absolute atomic E-state index is 0.272. The Morgan fingerprint density at radius 1 is 1.33 bits per heavy atom. The second kappa shape index (κ2) is 5.14. The van der Waals surface area contributed by atoms with Crippen molar-refractivity contribution in [1.82, 2.24) is 4.98 Å². The van der Waals surface area contributed by atoms with Gasteiger partial charge in [0.25, 0.3) is 0 Å². The lowest BCUT2D eigenvalue weighted by Gasteiger charge is -2.13. The third-order valence-electron chi connectivity index (χ3n) is 3.73. The highest BCUT2D eigenvalue weighted by Crippen LogP contribution is 2.40. The predicted octanol–water partition coefficient (Wildman–Crippen LogP) is 5.70. The quantitative estimate of drug-likeness (QED) is 0.646. The summed E-state index contributed by atoms with van der Waals surface area (Å²) < 4.78 is 6.96. The van der Waals surface area contributed by atoms with Crippen LogP contribution in [0.25, 0.3) is 11.1 Å². The fourth-order valence-corrected chi connectivity index (χ4v) is 3.85. The van der Waals surface area contributed by atoms with Gasteiger partial charge >= 0.3 is 0 Å². The number of fused-ring (bicyclic) bond motifs is 1. The molecule has 108 valence electrons. The second-order valence-corrected chi connectivity index (χ2v) is 8.01. The highest BCUT2D eigenvalue weighted by atomic mass is 79.9. The van der Waals surface area contributed by atoms with E-state index in [4.69, 9.17) is 4.42 Å². The molecule has 1 saturated carbocycles. The maximum absolute atomic E-state index is 5.80. The van der Waals surface area contributed by atoms with Gasteiger partial charge in [-0.25, -0.2) is 4.98 Å². The number of oxazole rings is 1. The largest absolute Gasteiger partial charge is 0.440 e. The second-order valence-electron chi connectivity index (χ2n) is 5.52. The van der Waals surface area contributed by atoms with Crippen LogP contribution < -0.4 is 5.32 Å². The minimum atomic E-state index is 0.272. The van der Waals surface area contributed by atoms with E-state index in [1.54, 1.807) is 11.3 Å². The number of rotatable bonds is 4. The van der Waals surface area contributed by atoms with Crippen molar-refractivity contribution in [1.29, 1.82) is 0 Å². The van der Waals surface area contributed by atoms with Crippen LogP contribution in [0.5, 0.6) is 0 Å². The van der Waals surface area contributed by atoms with Crippen molar-refractivity contribution in [2.45, 2.75) is 31.7 Å². The molecule has 1 atom stereocenters. The maximum atomic E-state index is 5.80. The minimum Gasteiger partial charge on any atom is -0.440 e. The normalized spacial score (nSPS) is 16.3. The van der Waals surface area contributed by atoms with Crippen LogP contribution in [0.3, 0.4) is 0 Å². The van der Waals surface area contributed by atoms with Crippen LogP contribution in [0.2, 0.25) is 0 Å². The average molecular weight is 363 g/mol. The van der Waals surface area contributed by atoms with E-state index in [0.717, 1.165) is 26.5 Å². The number of hydrogen-bond acceptors (Lipinski definition) is 4. The Hall–Kier alpha value is -1.33. The molecule has 1 aliphatic carbocycles. The van der Waals surface area contributed by atoms with Crippen LogP contribution in [0.1, 0.15) is 42.5 Å². The summed E-state index contributed by atoms with van der Waals surface area (Å²) in [6.07, 6.45) is 2.42. The first-order chi connectivity index (χ1) is 10.2. The maximum Gasteiger partial charge on any atom is 0.198 e. The number of anilines is 1. The number of thiophene rings is 1. The summed E-state index contributed by atoms with van der Waals surface area (Å²) in [4.78, 5) is 5.91. The van der Waals surface area contributed by atoms with E-state index in [2.05, 4.69) is 57.4 Å². The third-order valence-corrected chi connectivity index (χ3v) is 5.54. The molecule has 2 heterocycles. The lowest BCUT2D eigenvalue weighted by molar-refractivity contribution is 0.533. The van der Waals surface area contributed by atoms with Crippen molar-refractivity contribution in [2.24, 2.45) is 0 Å². The summed E-state index contributed by atoms with van der Waals surface area (Å²) in [7, 11) is 0. The molecule has 5 heteroatoms. The zero-order chi connectivity index (χ0) is 14.4. The van der Waals surface area contributed by atoms with Crippen molar-refractivity contribution in [3.05, 3.63) is 44.9 Å². The van der Waals surface area contributed by atoms with Gasteiger partial charge in [-0.2, -0.15) is 0 Å². The van der Waals surface area contributed by atoms with Gasteiger partial charge in [-0.05, 0) is 66.0 Å². The summed E-state index contributed by atoms with van der Waals surface area (Å²) in [6, 6.07) is 10.6. The lowest BCUT2D eigenvalue weighted by Crippen LogP contribution is -2.04. The Morgan fingerprint density at radius 2 is 2.19 bits per heavy atom. The fraction of sp³-hybridized carbons (Fsp3) is 0.312. The van der Waals surface area contributed by atoms with Crippen molar-refractivity contribution in [3.8, 4) is 0 Å². The van der Waals surface area contributed by atoms with Crippen LogP contribution in [0.15, 0.2) is 38.5 Å². The average Bonchev–Trinajstić information content (AvgIpc) is 3.09. The molecule has 1 unspecified atom stereocenters. The molecule has 0 radical (unpaired) electrons. The van der Waals surface area contributed by atoms with Gasteiger partial charge in [-0.3, -0.25) is 0 Å². The van der Waals surface area contributed by atoms with Gasteiger partial charge in [0, 0.05) is 16.5 Å². The van der Waals surface area contributed by atoms with Crippen LogP contribution in [0, 0.1) is 0 Å². The van der Waals surface area contributed by atoms with Gasteiger partial charge in [0.05, 0.1) is 9.83 Å². The van der Waals surface area contributed by atoms with E-state index in [1.165, 1.54) is 17.7 Å². The molecule has 1 aliphatic rings. The summed E-state index contributed by atoms with van der Waals surface area (Å²) in [5, 5.41) is 3.53. The number of hydrogen-bond donors (Lipinski definition) is 1. The van der Waals surface area contributed by atoms with Crippen LogP contribution in [-0.4, -0.2) is 4.98 Å². The number of benzene rings is 1. The summed E-state index contributed by atoms with van der Waals surface area (Å²) in [6.45, 7) is 2.17. The van der Waals surface area contributed by atoms with Gasteiger partial charge in [-0.1, -0.05) is 0 Å². The van der Waals surface area contributed by atoms with E-state index < -0.39 is 0 Å². The van der Waals surface area contributed by atoms with Gasteiger partial charge in [0.2, 0.25) is 0 Å². The zero-order valence-electron chi connectivity index (χ0n) is 11.6. The van der Waals surface area contributed by atoms with E-state index in [-0.39, 0.29) is 6.04 Å². The Labute approximate surface area is 135 Å². The fourth-order valence-electron chi connectivity index (χ4n) is 2.42. The van der Waals surface area contributed by atoms with Crippen LogP contribution >= 0.6 is 27.3 Å². The molecule has 1 aromatic carbocycles. The molecule has 2 aromatic heterocycles. The highest BCUT2D eigenvalue weighted by molar-refractivity contribution is 9.11. The van der Waals surface area contributed by atoms with Crippen LogP contribution in [-0.2, 0) is 0 Å². The third kappa shape index (κ3) is 2.72. The smallest absolute Gasteiger partial charge is 0.198 e. The Balaban J connectivity index is 1.58. The molecule has 0 amide bonds. The van der Waals surface area contributed by atoms with Crippen molar-refractivity contribution in [3.63, 3.8) is 0 Å². The highest BCUT2D eigenvalue weighted by Gasteiger charge is 2.28. The van der Waals surface area contributed by atoms with Gasteiger partial charge in [0.1, 0.15) is 5.52 Å². The zero-order valence-corrected chi connectivity index (χ0v) is 14.0. The number of halogens is 1. The van der Waals surface area contributed by atoms with Crippen molar-refractivity contribution < 1.29 is 4.42 Å². The van der Waals surface area contributed by atoms with Gasteiger partial charge < -0.3 is 9.73 Å².